The van der Waals surface area contributed by atoms with Gasteiger partial charge < -0.3 is 17.3 Å². The number of aliphatic imine (C=N–C) groups is 1. The maximum atomic E-state index is 4.52. The van der Waals surface area contributed by atoms with Gasteiger partial charge in [-0.1, -0.05) is 54.1 Å². The molecule has 0 bridgehead atoms. The van der Waals surface area contributed by atoms with E-state index in [1.54, 1.807) is 0 Å². The molecule has 2 aromatic rings. The van der Waals surface area contributed by atoms with Gasteiger partial charge in [-0.05, 0) is 32.1 Å². The first-order valence-corrected chi connectivity index (χ1v) is 6.97. The number of aryl methyl sites for hydroxylation is 1. The average Bonchev–Trinajstić information content (AvgIpc) is 2.45. The molecule has 0 aromatic heterocycles. The Bertz CT molecular complexity index is 580. The molecule has 0 fully saturated rings. The summed E-state index contributed by atoms with van der Waals surface area (Å²) in [5.74, 6) is 0. The van der Waals surface area contributed by atoms with E-state index in [9.17, 15) is 0 Å². The van der Waals surface area contributed by atoms with Crippen LogP contribution in [0.2, 0.25) is 0 Å². The first-order valence-electron chi connectivity index (χ1n) is 6.97. The second-order valence-electron chi connectivity index (χ2n) is 5.29. The Morgan fingerprint density at radius 3 is 2.27 bits per heavy atom. The van der Waals surface area contributed by atoms with Crippen LogP contribution in [0.15, 0.2) is 53.5 Å². The second-order valence-corrected chi connectivity index (χ2v) is 5.29. The van der Waals surface area contributed by atoms with Crippen LogP contribution in [0.25, 0.3) is 11.1 Å². The molecule has 2 rings (SSSR count). The van der Waals surface area contributed by atoms with Crippen LogP contribution in [-0.2, 0) is 21.1 Å². The van der Waals surface area contributed by atoms with Gasteiger partial charge in [0.15, 0.2) is 0 Å². The molecule has 0 heterocycles. The maximum absolute atomic E-state index is 4.52. The molecule has 2 nitrogen and oxygen atoms in total. The third-order valence-corrected chi connectivity index (χ3v) is 3.23. The third kappa shape index (κ3) is 6.44. The van der Waals surface area contributed by atoms with Crippen molar-refractivity contribution in [3.63, 3.8) is 0 Å². The fourth-order valence-corrected chi connectivity index (χ4v) is 2.03. The Hall–Kier alpha value is -0.952. The molecular formula is C18H22ClN2Pt+. The van der Waals surface area contributed by atoms with E-state index in [4.69, 9.17) is 0 Å². The molecule has 0 saturated carbocycles. The molecule has 22 heavy (non-hydrogen) atoms. The third-order valence-electron chi connectivity index (χ3n) is 3.23. The quantitative estimate of drug-likeness (QED) is 0.555. The summed E-state index contributed by atoms with van der Waals surface area (Å²) in [6, 6.07) is 17.0. The van der Waals surface area contributed by atoms with Crippen LogP contribution < -0.4 is 12.4 Å². The minimum absolute atomic E-state index is 0. The molecule has 4 heteroatoms. The van der Waals surface area contributed by atoms with Crippen molar-refractivity contribution < 1.29 is 33.5 Å². The molecule has 0 spiro atoms. The van der Waals surface area contributed by atoms with Crippen molar-refractivity contribution in [3.05, 3.63) is 59.7 Å². The van der Waals surface area contributed by atoms with Crippen molar-refractivity contribution in [2.75, 3.05) is 27.2 Å². The normalized spacial score (nSPS) is 10.4. The molecule has 0 unspecified atom stereocenters. The predicted octanol–water partition coefficient (Wildman–Crippen LogP) is 0.644. The zero-order valence-electron chi connectivity index (χ0n) is 13.2. The van der Waals surface area contributed by atoms with Gasteiger partial charge in [0.1, 0.15) is 0 Å². The Labute approximate surface area is 154 Å². The standard InChI is InChI=1S/C18H22N2.ClH.Pt/c1-15-8-10-16(11-9-15)18-7-5-4-6-17(18)14-19-12-13-20(2)3;;/h4-11,14H,12-13H2,1-3H3;1H;/q;;+2/p-1. The molecule has 0 aliphatic rings. The maximum Gasteiger partial charge on any atom is 2.00 e. The van der Waals surface area contributed by atoms with Gasteiger partial charge in [-0.15, -0.1) is 0 Å². The number of nitrogens with zero attached hydrogens (tertiary/aromatic N) is 2. The van der Waals surface area contributed by atoms with Gasteiger partial charge in [0.25, 0.3) is 0 Å². The number of hydrogen-bond acceptors (Lipinski definition) is 2. The van der Waals surface area contributed by atoms with E-state index in [1.807, 2.05) is 6.21 Å². The molecule has 0 saturated heterocycles. The van der Waals surface area contributed by atoms with Crippen LogP contribution in [0.4, 0.5) is 0 Å². The number of likely N-dealkylation sites (N-methyl/N-ethyl adjacent to an activating group) is 1. The molecule has 0 amide bonds. The van der Waals surface area contributed by atoms with Crippen LogP contribution in [0.3, 0.4) is 0 Å². The minimum Gasteiger partial charge on any atom is -1.00 e. The molecule has 0 radical (unpaired) electrons. The van der Waals surface area contributed by atoms with E-state index < -0.39 is 0 Å². The summed E-state index contributed by atoms with van der Waals surface area (Å²) in [5, 5.41) is 0. The van der Waals surface area contributed by atoms with Crippen molar-refractivity contribution in [2.45, 2.75) is 6.92 Å². The fraction of sp³-hybridized carbons (Fsp3) is 0.278. The summed E-state index contributed by atoms with van der Waals surface area (Å²) in [5.41, 5.74) is 4.94. The van der Waals surface area contributed by atoms with Crippen LogP contribution >= 0.6 is 0 Å². The van der Waals surface area contributed by atoms with Crippen molar-refractivity contribution in [1.82, 2.24) is 4.90 Å². The van der Waals surface area contributed by atoms with Crippen molar-refractivity contribution in [3.8, 4) is 11.1 Å². The molecule has 0 aliphatic carbocycles. The van der Waals surface area contributed by atoms with E-state index >= 15 is 0 Å². The SMILES string of the molecule is Cc1ccc(-c2ccccc2C=NCCN(C)C)cc1.[Cl-].[Pt+2]. The largest absolute Gasteiger partial charge is 2.00 e. The van der Waals surface area contributed by atoms with Crippen LogP contribution in [-0.4, -0.2) is 38.3 Å². The van der Waals surface area contributed by atoms with Gasteiger partial charge in [0.2, 0.25) is 0 Å². The summed E-state index contributed by atoms with van der Waals surface area (Å²) in [4.78, 5) is 6.66. The monoisotopic (exact) mass is 496 g/mol. The molecule has 2 aromatic carbocycles. The Balaban J connectivity index is 0.00000220. The number of hydrogen-bond donors (Lipinski definition) is 0. The summed E-state index contributed by atoms with van der Waals surface area (Å²) < 4.78 is 0. The van der Waals surface area contributed by atoms with E-state index in [2.05, 4.69) is 79.4 Å². The first kappa shape index (κ1) is 21.0. The van der Waals surface area contributed by atoms with E-state index in [-0.39, 0.29) is 33.5 Å². The summed E-state index contributed by atoms with van der Waals surface area (Å²) >= 11 is 0. The summed E-state index contributed by atoms with van der Waals surface area (Å²) in [7, 11) is 4.13. The smallest absolute Gasteiger partial charge is 1.00 e. The van der Waals surface area contributed by atoms with Gasteiger partial charge in [-0.3, -0.25) is 4.99 Å². The van der Waals surface area contributed by atoms with Crippen LogP contribution in [0, 0.1) is 6.92 Å². The number of rotatable bonds is 5. The van der Waals surface area contributed by atoms with Gasteiger partial charge in [-0.2, -0.15) is 0 Å². The van der Waals surface area contributed by atoms with E-state index in [0.29, 0.717) is 0 Å². The number of benzene rings is 2. The van der Waals surface area contributed by atoms with E-state index in [0.717, 1.165) is 13.1 Å². The first-order chi connectivity index (χ1) is 9.66. The second kappa shape index (κ2) is 10.7. The van der Waals surface area contributed by atoms with Crippen molar-refractivity contribution >= 4 is 6.21 Å². The molecular weight excluding hydrogens is 475 g/mol. The minimum atomic E-state index is 0. The van der Waals surface area contributed by atoms with E-state index in [1.165, 1.54) is 22.3 Å². The molecule has 0 atom stereocenters. The molecule has 120 valence electrons. The van der Waals surface area contributed by atoms with Crippen molar-refractivity contribution in [2.24, 2.45) is 4.99 Å². The van der Waals surface area contributed by atoms with Gasteiger partial charge in [0, 0.05) is 18.3 Å². The summed E-state index contributed by atoms with van der Waals surface area (Å²) in [6.45, 7) is 3.91. The number of halogens is 1. The predicted molar refractivity (Wildman–Crippen MR) is 87.6 cm³/mol. The fourth-order valence-electron chi connectivity index (χ4n) is 2.03. The molecule has 0 N–H and O–H groups in total. The summed E-state index contributed by atoms with van der Waals surface area (Å²) in [6.07, 6.45) is 1.98. The van der Waals surface area contributed by atoms with Crippen molar-refractivity contribution in [1.29, 1.82) is 0 Å². The Kier molecular flexibility index (Phi) is 10.3. The van der Waals surface area contributed by atoms with Crippen LogP contribution in [0.5, 0.6) is 0 Å². The van der Waals surface area contributed by atoms with Gasteiger partial charge >= 0.3 is 21.1 Å². The molecule has 0 aliphatic heterocycles. The zero-order valence-corrected chi connectivity index (χ0v) is 16.2. The Morgan fingerprint density at radius 2 is 1.64 bits per heavy atom. The topological polar surface area (TPSA) is 15.6 Å². The average molecular weight is 497 g/mol. The van der Waals surface area contributed by atoms with Gasteiger partial charge in [0.05, 0.1) is 6.54 Å². The van der Waals surface area contributed by atoms with Gasteiger partial charge in [-0.25, -0.2) is 0 Å². The Morgan fingerprint density at radius 1 is 1.00 bits per heavy atom. The zero-order chi connectivity index (χ0) is 14.4. The van der Waals surface area contributed by atoms with Crippen LogP contribution in [0.1, 0.15) is 11.1 Å².